The van der Waals surface area contributed by atoms with Gasteiger partial charge in [-0.25, -0.2) is 9.59 Å². The first-order chi connectivity index (χ1) is 33.9. The second kappa shape index (κ2) is 20.3. The molecular formula is C56H66N6O8. The van der Waals surface area contributed by atoms with Crippen molar-refractivity contribution in [1.29, 1.82) is 0 Å². The second-order valence-electron chi connectivity index (χ2n) is 20.2. The zero-order valence-electron chi connectivity index (χ0n) is 40.8. The van der Waals surface area contributed by atoms with Gasteiger partial charge in [-0.2, -0.15) is 0 Å². The van der Waals surface area contributed by atoms with Gasteiger partial charge in [-0.15, -0.1) is 0 Å². The molecule has 368 valence electrons. The van der Waals surface area contributed by atoms with Crippen LogP contribution in [0, 0.1) is 11.3 Å². The van der Waals surface area contributed by atoms with E-state index in [1.807, 2.05) is 48.5 Å². The Morgan fingerprint density at radius 2 is 1.17 bits per heavy atom. The van der Waals surface area contributed by atoms with Crippen LogP contribution in [0.5, 0.6) is 0 Å². The number of nitrogens with one attached hydrogen (secondary N) is 4. The zero-order chi connectivity index (χ0) is 49.2. The smallest absolute Gasteiger partial charge is 0.407 e. The van der Waals surface area contributed by atoms with Crippen LogP contribution in [-0.4, -0.2) is 84.5 Å². The van der Waals surface area contributed by atoms with Gasteiger partial charge in [0.1, 0.15) is 24.2 Å². The van der Waals surface area contributed by atoms with Crippen molar-refractivity contribution in [3.05, 3.63) is 119 Å². The fraction of sp³-hybridized carbons (Fsp3) is 0.464. The summed E-state index contributed by atoms with van der Waals surface area (Å²) < 4.78 is 9.84. The average Bonchev–Trinajstić information content (AvgIpc) is 3.64. The second-order valence-corrected chi connectivity index (χ2v) is 20.2. The molecule has 0 aromatic heterocycles. The summed E-state index contributed by atoms with van der Waals surface area (Å²) in [6.07, 6.45) is 9.78. The van der Waals surface area contributed by atoms with Gasteiger partial charge >= 0.3 is 12.2 Å². The largest absolute Gasteiger partial charge is 0.453 e. The number of rotatable bonds is 16. The molecule has 1 spiro atoms. The summed E-state index contributed by atoms with van der Waals surface area (Å²) in [5.74, 6) is -1.04. The Balaban J connectivity index is 0.991. The number of unbranched alkanes of at least 4 members (excludes halogenated alkanes) is 2. The minimum atomic E-state index is -1.02. The first-order valence-electron chi connectivity index (χ1n) is 25.3. The molecule has 4 aromatic carbocycles. The van der Waals surface area contributed by atoms with Crippen molar-refractivity contribution in [2.75, 3.05) is 31.4 Å². The topological polar surface area (TPSA) is 175 Å². The molecule has 0 unspecified atom stereocenters. The molecule has 6 atom stereocenters. The van der Waals surface area contributed by atoms with Crippen molar-refractivity contribution in [2.24, 2.45) is 11.3 Å². The maximum atomic E-state index is 14.7. The molecule has 14 nitrogen and oxygen atoms in total. The number of fused-ring (bicyclic) bond motifs is 4. The van der Waals surface area contributed by atoms with E-state index in [9.17, 15) is 28.8 Å². The molecule has 0 radical (unpaired) electrons. The molecule has 2 heterocycles. The lowest BCUT2D eigenvalue weighted by Gasteiger charge is -2.34. The average molecular weight is 951 g/mol. The molecule has 3 aliphatic carbocycles. The standard InChI is InChI=1S/C56H66N6O8/c1-5-7-26-56(27-8-6-2)42-31-38(57-49(63)45-30-37-20-15-21-44(37)62(45)52(66)48(60-54(68)70-4)36-18-13-10-14-19-36)22-24-40(42)41-25-23-39(32-43(41)56)58-50(64)46-33-55(28-29-55)34-61(46)51(65)47(59-53(67)69-3)35-16-11-9-12-17-35/h9-14,16-19,22-25,31-32,37,44-48H,5-8,15,20-21,26-30,33-34H2,1-4H3,(H,57,63)(H,58,64)(H,59,67)(H,60,68)/t37-,44-,45+,46+,47-,48-/m1/s1. The van der Waals surface area contributed by atoms with E-state index in [2.05, 4.69) is 59.4 Å². The van der Waals surface area contributed by atoms with Crippen LogP contribution in [0.4, 0.5) is 21.0 Å². The number of hydrogen-bond acceptors (Lipinski definition) is 8. The third-order valence-electron chi connectivity index (χ3n) is 15.9. The van der Waals surface area contributed by atoms with Crippen molar-refractivity contribution < 1.29 is 38.2 Å². The monoisotopic (exact) mass is 950 g/mol. The summed E-state index contributed by atoms with van der Waals surface area (Å²) in [7, 11) is 2.52. The van der Waals surface area contributed by atoms with Crippen molar-refractivity contribution in [3.8, 4) is 11.1 Å². The number of nitrogens with zero attached hydrogens (tertiary/aromatic N) is 2. The Morgan fingerprint density at radius 1 is 0.657 bits per heavy atom. The number of alkyl carbamates (subject to hydrolysis) is 2. The van der Waals surface area contributed by atoms with Crippen LogP contribution in [0.3, 0.4) is 0 Å². The summed E-state index contributed by atoms with van der Waals surface area (Å²) in [5.41, 5.74) is 6.38. The van der Waals surface area contributed by atoms with Gasteiger partial charge in [-0.05, 0) is 120 Å². The molecule has 6 amide bonds. The molecule has 2 saturated carbocycles. The van der Waals surface area contributed by atoms with Crippen LogP contribution in [0.15, 0.2) is 97.1 Å². The van der Waals surface area contributed by atoms with Crippen molar-refractivity contribution in [2.45, 2.75) is 133 Å². The van der Waals surface area contributed by atoms with Gasteiger partial charge in [0.15, 0.2) is 0 Å². The summed E-state index contributed by atoms with van der Waals surface area (Å²) in [6.45, 7) is 4.81. The maximum absolute atomic E-state index is 14.7. The van der Waals surface area contributed by atoms with Crippen molar-refractivity contribution >= 4 is 47.2 Å². The van der Waals surface area contributed by atoms with Crippen molar-refractivity contribution in [3.63, 3.8) is 0 Å². The third kappa shape index (κ3) is 9.36. The summed E-state index contributed by atoms with van der Waals surface area (Å²) >= 11 is 0. The van der Waals surface area contributed by atoms with E-state index in [0.717, 1.165) is 92.9 Å². The first-order valence-corrected chi connectivity index (χ1v) is 25.3. The SMILES string of the molecule is CCCCC1(CCCC)c2cc(NC(=O)[C@@H]3CC4(CC4)CN3C(=O)[C@H](NC(=O)OC)c3ccccc3)ccc2-c2ccc(NC(=O)[C@@H]3C[C@H]4CCC[C@H]4N3C(=O)[C@H](NC(=O)OC)c3ccccc3)cc21. The molecule has 4 fully saturated rings. The van der Waals surface area contributed by atoms with E-state index < -0.39 is 41.8 Å². The van der Waals surface area contributed by atoms with Gasteiger partial charge < -0.3 is 40.5 Å². The molecular weight excluding hydrogens is 885 g/mol. The Morgan fingerprint density at radius 3 is 1.67 bits per heavy atom. The molecule has 4 N–H and O–H groups in total. The van der Waals surface area contributed by atoms with Gasteiger partial charge in [0.2, 0.25) is 11.8 Å². The normalized spacial score (nSPS) is 21.7. The van der Waals surface area contributed by atoms with Crippen LogP contribution >= 0.6 is 0 Å². The number of hydrogen-bond donors (Lipinski definition) is 4. The number of anilines is 2. The van der Waals surface area contributed by atoms with Crippen LogP contribution in [0.25, 0.3) is 11.1 Å². The van der Waals surface area contributed by atoms with E-state index >= 15 is 0 Å². The quantitative estimate of drug-likeness (QED) is 0.0859. The number of likely N-dealkylation sites (tertiary alicyclic amines) is 2. The Kier molecular flexibility index (Phi) is 14.0. The van der Waals surface area contributed by atoms with Crippen LogP contribution < -0.4 is 21.3 Å². The lowest BCUT2D eigenvalue weighted by Crippen LogP contribution is -2.51. The molecule has 5 aliphatic rings. The van der Waals surface area contributed by atoms with Gasteiger partial charge in [0.25, 0.3) is 11.8 Å². The molecule has 4 aromatic rings. The van der Waals surface area contributed by atoms with Crippen LogP contribution in [0.1, 0.15) is 132 Å². The Labute approximate surface area is 410 Å². The predicted octanol–water partition coefficient (Wildman–Crippen LogP) is 9.56. The molecule has 14 heteroatoms. The van der Waals surface area contributed by atoms with E-state index in [1.54, 1.807) is 34.1 Å². The van der Waals surface area contributed by atoms with Gasteiger partial charge in [-0.3, -0.25) is 19.2 Å². The number of carbonyl (C=O) groups is 6. The molecule has 9 rings (SSSR count). The third-order valence-corrected chi connectivity index (χ3v) is 15.9. The summed E-state index contributed by atoms with van der Waals surface area (Å²) in [4.78, 5) is 86.8. The minimum absolute atomic E-state index is 0.115. The lowest BCUT2D eigenvalue weighted by atomic mass is 9.70. The summed E-state index contributed by atoms with van der Waals surface area (Å²) in [5, 5.41) is 12.0. The first kappa shape index (κ1) is 48.3. The fourth-order valence-electron chi connectivity index (χ4n) is 12.2. The molecule has 2 saturated heterocycles. The van der Waals surface area contributed by atoms with Gasteiger partial charge in [-0.1, -0.05) is 119 Å². The fourth-order valence-corrected chi connectivity index (χ4v) is 12.2. The van der Waals surface area contributed by atoms with Gasteiger partial charge in [0, 0.05) is 29.4 Å². The molecule has 0 bridgehead atoms. The van der Waals surface area contributed by atoms with Crippen molar-refractivity contribution in [1.82, 2.24) is 20.4 Å². The van der Waals surface area contributed by atoms with E-state index in [-0.39, 0.29) is 41.0 Å². The number of ether oxygens (including phenoxy) is 2. The van der Waals surface area contributed by atoms with E-state index in [0.29, 0.717) is 41.9 Å². The lowest BCUT2D eigenvalue weighted by molar-refractivity contribution is -0.140. The van der Waals surface area contributed by atoms with E-state index in [4.69, 9.17) is 9.47 Å². The molecule has 70 heavy (non-hydrogen) atoms. The minimum Gasteiger partial charge on any atom is -0.453 e. The number of benzene rings is 4. The highest BCUT2D eigenvalue weighted by Gasteiger charge is 2.56. The highest BCUT2D eigenvalue weighted by Crippen LogP contribution is 2.57. The Hall–Kier alpha value is -6.70. The Bertz CT molecular complexity index is 2610. The zero-order valence-corrected chi connectivity index (χ0v) is 40.8. The van der Waals surface area contributed by atoms with Crippen LogP contribution in [-0.2, 0) is 34.1 Å². The number of carbonyl (C=O) groups excluding carboxylic acids is 6. The number of methoxy groups -OCH3 is 2. The molecule has 2 aliphatic heterocycles. The highest BCUT2D eigenvalue weighted by atomic mass is 16.5. The van der Waals surface area contributed by atoms with Crippen LogP contribution in [0.2, 0.25) is 0 Å². The maximum Gasteiger partial charge on any atom is 0.407 e. The number of amides is 6. The van der Waals surface area contributed by atoms with Gasteiger partial charge in [0.05, 0.1) is 14.2 Å². The predicted molar refractivity (Wildman–Crippen MR) is 267 cm³/mol. The highest BCUT2D eigenvalue weighted by molar-refractivity contribution is 6.01. The summed E-state index contributed by atoms with van der Waals surface area (Å²) in [6, 6.07) is 26.8. The van der Waals surface area contributed by atoms with E-state index in [1.165, 1.54) is 14.2 Å².